The summed E-state index contributed by atoms with van der Waals surface area (Å²) in [5.41, 5.74) is 1.09. The van der Waals surface area contributed by atoms with Gasteiger partial charge in [0.05, 0.1) is 6.61 Å². The molecule has 4 heteroatoms. The molecule has 0 unspecified atom stereocenters. The second-order valence-corrected chi connectivity index (χ2v) is 4.06. The minimum atomic E-state index is -0.0747. The van der Waals surface area contributed by atoms with E-state index in [0.29, 0.717) is 13.2 Å². The van der Waals surface area contributed by atoms with Crippen LogP contribution in [0.25, 0.3) is 0 Å². The van der Waals surface area contributed by atoms with Crippen molar-refractivity contribution in [2.75, 3.05) is 26.3 Å². The molecule has 0 heterocycles. The Morgan fingerprint density at radius 3 is 2.72 bits per heavy atom. The van der Waals surface area contributed by atoms with Crippen LogP contribution < -0.4 is 10.6 Å². The van der Waals surface area contributed by atoms with Crippen LogP contribution in [-0.2, 0) is 16.1 Å². The molecule has 0 radical (unpaired) electrons. The first-order valence-electron chi connectivity index (χ1n) is 6.42. The molecule has 0 aliphatic heterocycles. The highest BCUT2D eigenvalue weighted by atomic mass is 16.5. The van der Waals surface area contributed by atoms with Crippen LogP contribution in [0.5, 0.6) is 0 Å². The summed E-state index contributed by atoms with van der Waals surface area (Å²) < 4.78 is 5.26. The van der Waals surface area contributed by atoms with E-state index in [2.05, 4.69) is 17.6 Å². The van der Waals surface area contributed by atoms with Gasteiger partial charge in [0.1, 0.15) is 6.61 Å². The third-order valence-corrected chi connectivity index (χ3v) is 2.42. The van der Waals surface area contributed by atoms with Crippen LogP contribution in [0.15, 0.2) is 30.3 Å². The first-order chi connectivity index (χ1) is 8.83. The summed E-state index contributed by atoms with van der Waals surface area (Å²) >= 11 is 0. The fraction of sp³-hybridized carbons (Fsp3) is 0.500. The summed E-state index contributed by atoms with van der Waals surface area (Å²) in [6.45, 7) is 5.14. The molecule has 0 atom stereocenters. The molecule has 0 fully saturated rings. The minimum Gasteiger partial charge on any atom is -0.370 e. The van der Waals surface area contributed by atoms with Gasteiger partial charge in [-0.05, 0) is 18.5 Å². The molecule has 100 valence electrons. The predicted molar refractivity (Wildman–Crippen MR) is 72.3 cm³/mol. The number of rotatable bonds is 9. The van der Waals surface area contributed by atoms with Crippen molar-refractivity contribution >= 4 is 5.91 Å². The largest absolute Gasteiger partial charge is 0.370 e. The zero-order chi connectivity index (χ0) is 13.1. The predicted octanol–water partition coefficient (Wildman–Crippen LogP) is 1.32. The fourth-order valence-corrected chi connectivity index (χ4v) is 1.46. The van der Waals surface area contributed by atoms with Gasteiger partial charge in [-0.15, -0.1) is 0 Å². The summed E-state index contributed by atoms with van der Waals surface area (Å²) in [6, 6.07) is 9.83. The van der Waals surface area contributed by atoms with Crippen LogP contribution in [0.4, 0.5) is 0 Å². The lowest BCUT2D eigenvalue weighted by Crippen LogP contribution is -2.29. The molecule has 0 spiro atoms. The number of nitrogens with one attached hydrogen (secondary N) is 2. The maximum Gasteiger partial charge on any atom is 0.246 e. The number of benzene rings is 1. The van der Waals surface area contributed by atoms with E-state index < -0.39 is 0 Å². The minimum absolute atomic E-state index is 0.0747. The van der Waals surface area contributed by atoms with Gasteiger partial charge in [-0.2, -0.15) is 0 Å². The van der Waals surface area contributed by atoms with Crippen LogP contribution >= 0.6 is 0 Å². The molecular weight excluding hydrogens is 228 g/mol. The quantitative estimate of drug-likeness (QED) is 0.650. The average Bonchev–Trinajstić information content (AvgIpc) is 2.41. The highest BCUT2D eigenvalue weighted by molar-refractivity contribution is 5.77. The third kappa shape index (κ3) is 7.04. The van der Waals surface area contributed by atoms with Crippen molar-refractivity contribution in [2.45, 2.75) is 19.9 Å². The maximum absolute atomic E-state index is 11.4. The maximum atomic E-state index is 11.4. The van der Waals surface area contributed by atoms with Crippen molar-refractivity contribution in [2.24, 2.45) is 0 Å². The van der Waals surface area contributed by atoms with Crippen LogP contribution in [0.3, 0.4) is 0 Å². The normalized spacial score (nSPS) is 10.3. The number of hydrogen-bond acceptors (Lipinski definition) is 3. The van der Waals surface area contributed by atoms with Crippen LogP contribution in [0, 0.1) is 0 Å². The highest BCUT2D eigenvalue weighted by Crippen LogP contribution is 1.96. The molecule has 0 aromatic heterocycles. The van der Waals surface area contributed by atoms with E-state index in [4.69, 9.17) is 4.74 Å². The summed E-state index contributed by atoms with van der Waals surface area (Å²) in [7, 11) is 0. The van der Waals surface area contributed by atoms with Gasteiger partial charge in [-0.25, -0.2) is 0 Å². The van der Waals surface area contributed by atoms with Crippen molar-refractivity contribution in [3.63, 3.8) is 0 Å². The Morgan fingerprint density at radius 2 is 2.00 bits per heavy atom. The summed E-state index contributed by atoms with van der Waals surface area (Å²) in [5, 5.41) is 6.03. The van der Waals surface area contributed by atoms with Crippen LogP contribution in [-0.4, -0.2) is 32.2 Å². The molecule has 0 bridgehead atoms. The van der Waals surface area contributed by atoms with Gasteiger partial charge in [-0.1, -0.05) is 37.3 Å². The fourth-order valence-electron chi connectivity index (χ4n) is 1.46. The summed E-state index contributed by atoms with van der Waals surface area (Å²) in [5.74, 6) is -0.0747. The van der Waals surface area contributed by atoms with Gasteiger partial charge in [0.15, 0.2) is 0 Å². The van der Waals surface area contributed by atoms with Crippen molar-refractivity contribution < 1.29 is 9.53 Å². The van der Waals surface area contributed by atoms with Crippen LogP contribution in [0.1, 0.15) is 18.9 Å². The van der Waals surface area contributed by atoms with Crippen molar-refractivity contribution in [1.82, 2.24) is 10.6 Å². The molecule has 0 aliphatic rings. The highest BCUT2D eigenvalue weighted by Gasteiger charge is 2.00. The molecular formula is C14H22N2O2. The van der Waals surface area contributed by atoms with Crippen molar-refractivity contribution in [1.29, 1.82) is 0 Å². The molecule has 18 heavy (non-hydrogen) atoms. The second kappa shape index (κ2) is 9.62. The molecule has 1 rings (SSSR count). The Hall–Kier alpha value is -1.39. The molecule has 0 saturated carbocycles. The van der Waals surface area contributed by atoms with E-state index in [1.54, 1.807) is 0 Å². The molecule has 0 saturated heterocycles. The van der Waals surface area contributed by atoms with Gasteiger partial charge in [-0.3, -0.25) is 4.79 Å². The zero-order valence-electron chi connectivity index (χ0n) is 10.9. The van der Waals surface area contributed by atoms with Gasteiger partial charge in [0.25, 0.3) is 0 Å². The lowest BCUT2D eigenvalue weighted by Gasteiger charge is -2.07. The first kappa shape index (κ1) is 14.7. The number of hydrogen-bond donors (Lipinski definition) is 2. The number of carbonyl (C=O) groups is 1. The van der Waals surface area contributed by atoms with E-state index in [1.807, 2.05) is 30.3 Å². The Labute approximate surface area is 109 Å². The Bertz CT molecular complexity index is 328. The van der Waals surface area contributed by atoms with Crippen molar-refractivity contribution in [3.8, 4) is 0 Å². The Morgan fingerprint density at radius 1 is 1.22 bits per heavy atom. The molecule has 1 aromatic carbocycles. The van der Waals surface area contributed by atoms with E-state index in [-0.39, 0.29) is 12.5 Å². The summed E-state index contributed by atoms with van der Waals surface area (Å²) in [4.78, 5) is 11.4. The second-order valence-electron chi connectivity index (χ2n) is 4.06. The van der Waals surface area contributed by atoms with Gasteiger partial charge in [0, 0.05) is 13.1 Å². The average molecular weight is 250 g/mol. The van der Waals surface area contributed by atoms with Gasteiger partial charge >= 0.3 is 0 Å². The van der Waals surface area contributed by atoms with Gasteiger partial charge < -0.3 is 15.4 Å². The van der Waals surface area contributed by atoms with E-state index in [9.17, 15) is 4.79 Å². The lowest BCUT2D eigenvalue weighted by molar-refractivity contribution is -0.125. The first-order valence-corrected chi connectivity index (χ1v) is 6.42. The number of amides is 1. The van der Waals surface area contributed by atoms with Crippen LogP contribution in [0.2, 0.25) is 0 Å². The molecule has 4 nitrogen and oxygen atoms in total. The zero-order valence-corrected chi connectivity index (χ0v) is 10.9. The number of ether oxygens (including phenoxy) is 1. The van der Waals surface area contributed by atoms with E-state index >= 15 is 0 Å². The standard InChI is InChI=1S/C14H22N2O2/c1-2-8-15-9-10-18-12-14(17)16-11-13-6-4-3-5-7-13/h3-7,15H,2,8-12H2,1H3,(H,16,17). The number of carbonyl (C=O) groups excluding carboxylic acids is 1. The summed E-state index contributed by atoms with van der Waals surface area (Å²) in [6.07, 6.45) is 1.11. The molecule has 0 aliphatic carbocycles. The van der Waals surface area contributed by atoms with E-state index in [1.165, 1.54) is 0 Å². The Kier molecular flexibility index (Phi) is 7.84. The van der Waals surface area contributed by atoms with Gasteiger partial charge in [0.2, 0.25) is 5.91 Å². The van der Waals surface area contributed by atoms with Crippen molar-refractivity contribution in [3.05, 3.63) is 35.9 Å². The van der Waals surface area contributed by atoms with E-state index in [0.717, 1.165) is 25.1 Å². The topological polar surface area (TPSA) is 50.4 Å². The monoisotopic (exact) mass is 250 g/mol. The Balaban J connectivity index is 2.01. The molecule has 1 aromatic rings. The SMILES string of the molecule is CCCNCCOCC(=O)NCc1ccccc1. The molecule has 1 amide bonds. The third-order valence-electron chi connectivity index (χ3n) is 2.42. The lowest BCUT2D eigenvalue weighted by atomic mass is 10.2. The smallest absolute Gasteiger partial charge is 0.246 e. The molecule has 2 N–H and O–H groups in total.